The van der Waals surface area contributed by atoms with Crippen molar-refractivity contribution in [1.29, 1.82) is 0 Å². The molecule has 0 unspecified atom stereocenters. The number of hydrogen-bond acceptors (Lipinski definition) is 3. The van der Waals surface area contributed by atoms with Gasteiger partial charge in [-0.1, -0.05) is 26.8 Å². The third kappa shape index (κ3) is 3.03. The Balaban J connectivity index is 2.66. The Bertz CT molecular complexity index is 349. The van der Waals surface area contributed by atoms with Crippen molar-refractivity contribution in [2.24, 2.45) is 5.41 Å². The fraction of sp³-hybridized carbons (Fsp3) is 0.500. The van der Waals surface area contributed by atoms with Crippen LogP contribution >= 0.6 is 0 Å². The first kappa shape index (κ1) is 12.6. The van der Waals surface area contributed by atoms with E-state index in [9.17, 15) is 10.0 Å². The lowest BCUT2D eigenvalue weighted by atomic mass is 9.89. The van der Waals surface area contributed by atoms with Crippen LogP contribution in [0.3, 0.4) is 0 Å². The van der Waals surface area contributed by atoms with E-state index in [1.165, 1.54) is 0 Å². The van der Waals surface area contributed by atoms with Gasteiger partial charge >= 0.3 is 0 Å². The minimum atomic E-state index is -0.538. The summed E-state index contributed by atoms with van der Waals surface area (Å²) in [5.41, 5.74) is 0.133. The molecule has 0 atom stereocenters. The zero-order valence-electron chi connectivity index (χ0n) is 9.97. The molecule has 0 radical (unpaired) electrons. The lowest BCUT2D eigenvalue weighted by molar-refractivity contribution is -0.178. The average molecular weight is 222 g/mol. The summed E-state index contributed by atoms with van der Waals surface area (Å²) in [6.45, 7) is 5.68. The summed E-state index contributed by atoms with van der Waals surface area (Å²) >= 11 is 0. The van der Waals surface area contributed by atoms with Crippen LogP contribution in [0, 0.1) is 5.41 Å². The number of hydrogen-bond donors (Lipinski definition) is 1. The highest BCUT2D eigenvalue weighted by atomic mass is 16.5. The minimum absolute atomic E-state index is 0.128. The molecule has 1 aromatic rings. The van der Waals surface area contributed by atoms with Crippen molar-refractivity contribution in [1.82, 2.24) is 10.0 Å². The number of nitrogens with zero attached hydrogens (tertiary/aromatic N) is 2. The fourth-order valence-electron chi connectivity index (χ4n) is 1.22. The number of hydroxylamine groups is 2. The second-order valence-electron chi connectivity index (χ2n) is 4.42. The molecule has 4 heteroatoms. The van der Waals surface area contributed by atoms with Crippen molar-refractivity contribution in [3.05, 3.63) is 30.1 Å². The SMILES string of the molecule is CCC(C)(C)C(=O)N(O)Cc1ccccn1. The van der Waals surface area contributed by atoms with Crippen molar-refractivity contribution in [3.8, 4) is 0 Å². The molecule has 0 spiro atoms. The van der Waals surface area contributed by atoms with Crippen LogP contribution in [-0.4, -0.2) is 21.2 Å². The van der Waals surface area contributed by atoms with Crippen LogP contribution in [0.4, 0.5) is 0 Å². The summed E-state index contributed by atoms with van der Waals surface area (Å²) in [5.74, 6) is -0.277. The Morgan fingerprint density at radius 2 is 2.19 bits per heavy atom. The van der Waals surface area contributed by atoms with Crippen molar-refractivity contribution in [2.75, 3.05) is 0 Å². The number of aromatic nitrogens is 1. The van der Waals surface area contributed by atoms with Crippen LogP contribution in [0.2, 0.25) is 0 Å². The zero-order valence-corrected chi connectivity index (χ0v) is 9.97. The topological polar surface area (TPSA) is 53.4 Å². The molecule has 1 aromatic heterocycles. The van der Waals surface area contributed by atoms with Gasteiger partial charge in [-0.05, 0) is 18.6 Å². The van der Waals surface area contributed by atoms with Gasteiger partial charge in [0.15, 0.2) is 0 Å². The Kier molecular flexibility index (Phi) is 4.01. The molecule has 0 aliphatic rings. The number of carbonyl (C=O) groups is 1. The van der Waals surface area contributed by atoms with E-state index in [2.05, 4.69) is 4.98 Å². The summed E-state index contributed by atoms with van der Waals surface area (Å²) in [4.78, 5) is 15.9. The molecular weight excluding hydrogens is 204 g/mol. The smallest absolute Gasteiger partial charge is 0.251 e. The van der Waals surface area contributed by atoms with Crippen molar-refractivity contribution in [3.63, 3.8) is 0 Å². The van der Waals surface area contributed by atoms with Crippen molar-refractivity contribution >= 4 is 5.91 Å². The summed E-state index contributed by atoms with van der Waals surface area (Å²) < 4.78 is 0. The van der Waals surface area contributed by atoms with Crippen LogP contribution in [0.1, 0.15) is 32.9 Å². The fourth-order valence-corrected chi connectivity index (χ4v) is 1.22. The van der Waals surface area contributed by atoms with Gasteiger partial charge in [0.2, 0.25) is 0 Å². The van der Waals surface area contributed by atoms with Gasteiger partial charge in [-0.15, -0.1) is 0 Å². The summed E-state index contributed by atoms with van der Waals surface area (Å²) in [6.07, 6.45) is 2.32. The molecule has 1 rings (SSSR count). The third-order valence-electron chi connectivity index (χ3n) is 2.74. The molecule has 1 heterocycles. The van der Waals surface area contributed by atoms with E-state index in [1.54, 1.807) is 18.3 Å². The van der Waals surface area contributed by atoms with E-state index < -0.39 is 5.41 Å². The van der Waals surface area contributed by atoms with Gasteiger partial charge in [-0.2, -0.15) is 0 Å². The molecule has 0 aliphatic carbocycles. The number of carbonyl (C=O) groups excluding carboxylic acids is 1. The standard InChI is InChI=1S/C12H18N2O2/c1-4-12(2,3)11(15)14(16)9-10-7-5-6-8-13-10/h5-8,16H,4,9H2,1-3H3. The highest BCUT2D eigenvalue weighted by Crippen LogP contribution is 2.22. The van der Waals surface area contributed by atoms with Gasteiger partial charge in [0.1, 0.15) is 0 Å². The zero-order chi connectivity index (χ0) is 12.2. The molecule has 0 aromatic carbocycles. The van der Waals surface area contributed by atoms with E-state index in [4.69, 9.17) is 0 Å². The van der Waals surface area contributed by atoms with Gasteiger partial charge < -0.3 is 0 Å². The van der Waals surface area contributed by atoms with Gasteiger partial charge in [0, 0.05) is 11.6 Å². The largest absolute Gasteiger partial charge is 0.286 e. The maximum Gasteiger partial charge on any atom is 0.251 e. The number of rotatable bonds is 4. The average Bonchev–Trinajstić information content (AvgIpc) is 2.29. The molecular formula is C12H18N2O2. The Hall–Kier alpha value is -1.42. The lowest BCUT2D eigenvalue weighted by Gasteiger charge is -2.26. The first-order valence-electron chi connectivity index (χ1n) is 5.38. The number of amides is 1. The molecule has 1 N–H and O–H groups in total. The van der Waals surface area contributed by atoms with Gasteiger partial charge in [0.25, 0.3) is 5.91 Å². The molecule has 0 bridgehead atoms. The molecule has 0 saturated heterocycles. The van der Waals surface area contributed by atoms with E-state index in [0.29, 0.717) is 12.1 Å². The first-order chi connectivity index (χ1) is 7.47. The highest BCUT2D eigenvalue weighted by Gasteiger charge is 2.29. The van der Waals surface area contributed by atoms with E-state index in [0.717, 1.165) is 5.06 Å². The maximum atomic E-state index is 11.8. The Morgan fingerprint density at radius 1 is 1.50 bits per heavy atom. The molecule has 4 nitrogen and oxygen atoms in total. The van der Waals surface area contributed by atoms with E-state index >= 15 is 0 Å². The third-order valence-corrected chi connectivity index (χ3v) is 2.74. The van der Waals surface area contributed by atoms with Crippen LogP contribution in [0.25, 0.3) is 0 Å². The molecule has 0 aliphatic heterocycles. The normalized spacial score (nSPS) is 11.2. The monoisotopic (exact) mass is 222 g/mol. The van der Waals surface area contributed by atoms with Gasteiger partial charge in [-0.3, -0.25) is 15.0 Å². The summed E-state index contributed by atoms with van der Waals surface area (Å²) in [6, 6.07) is 5.39. The second kappa shape index (κ2) is 5.07. The second-order valence-corrected chi connectivity index (χ2v) is 4.42. The summed E-state index contributed by atoms with van der Waals surface area (Å²) in [5, 5.41) is 10.4. The molecule has 0 saturated carbocycles. The molecule has 16 heavy (non-hydrogen) atoms. The van der Waals surface area contributed by atoms with Crippen LogP contribution in [-0.2, 0) is 11.3 Å². The number of pyridine rings is 1. The molecule has 0 fully saturated rings. The highest BCUT2D eigenvalue weighted by molar-refractivity contribution is 5.80. The quantitative estimate of drug-likeness (QED) is 0.628. The lowest BCUT2D eigenvalue weighted by Crippen LogP contribution is -2.38. The summed E-state index contributed by atoms with van der Waals surface area (Å²) in [7, 11) is 0. The maximum absolute atomic E-state index is 11.8. The van der Waals surface area contributed by atoms with E-state index in [1.807, 2.05) is 26.8 Å². The van der Waals surface area contributed by atoms with Crippen LogP contribution in [0.5, 0.6) is 0 Å². The van der Waals surface area contributed by atoms with Crippen molar-refractivity contribution < 1.29 is 10.0 Å². The predicted molar refractivity (Wildman–Crippen MR) is 60.6 cm³/mol. The molecule has 88 valence electrons. The van der Waals surface area contributed by atoms with Crippen molar-refractivity contribution in [2.45, 2.75) is 33.7 Å². The Morgan fingerprint density at radius 3 is 2.69 bits per heavy atom. The predicted octanol–water partition coefficient (Wildman–Crippen LogP) is 2.24. The van der Waals surface area contributed by atoms with Gasteiger partial charge in [-0.25, -0.2) is 5.06 Å². The van der Waals surface area contributed by atoms with Crippen LogP contribution in [0.15, 0.2) is 24.4 Å². The van der Waals surface area contributed by atoms with Crippen LogP contribution < -0.4 is 0 Å². The Labute approximate surface area is 95.9 Å². The van der Waals surface area contributed by atoms with Gasteiger partial charge in [0.05, 0.1) is 12.2 Å². The minimum Gasteiger partial charge on any atom is -0.286 e. The first-order valence-corrected chi connectivity index (χ1v) is 5.38. The van der Waals surface area contributed by atoms with E-state index in [-0.39, 0.29) is 12.5 Å². The molecule has 1 amide bonds.